The summed E-state index contributed by atoms with van der Waals surface area (Å²) in [7, 11) is 0. The third-order valence-corrected chi connectivity index (χ3v) is 3.28. The van der Waals surface area contributed by atoms with Crippen molar-refractivity contribution >= 4 is 23.2 Å². The molecule has 0 radical (unpaired) electrons. The molecule has 2 aromatic carbocycles. The van der Waals surface area contributed by atoms with Gasteiger partial charge < -0.3 is 4.74 Å². The predicted octanol–water partition coefficient (Wildman–Crippen LogP) is 4.58. The van der Waals surface area contributed by atoms with Crippen LogP contribution in [0.4, 0.5) is 4.39 Å². The highest BCUT2D eigenvalue weighted by atomic mass is 35.5. The molecule has 0 aliphatic heterocycles. The molecule has 0 amide bonds. The summed E-state index contributed by atoms with van der Waals surface area (Å²) >= 11 is 11.8. The zero-order chi connectivity index (χ0) is 13.8. The Morgan fingerprint density at radius 3 is 2.68 bits per heavy atom. The molecular weight excluding hydrogens is 288 g/mol. The monoisotopic (exact) mass is 295 g/mol. The van der Waals surface area contributed by atoms with Gasteiger partial charge in [0.25, 0.3) is 0 Å². The fraction of sp³-hybridized carbons (Fsp3) is 0.0714. The molecule has 0 N–H and O–H groups in total. The average Bonchev–Trinajstić information content (AvgIpc) is 2.41. The van der Waals surface area contributed by atoms with Crippen LogP contribution in [0.5, 0.6) is 5.75 Å². The molecule has 0 aromatic heterocycles. The van der Waals surface area contributed by atoms with Crippen LogP contribution in [-0.4, -0.2) is 0 Å². The zero-order valence-electron chi connectivity index (χ0n) is 9.66. The molecule has 0 aliphatic carbocycles. The number of rotatable bonds is 3. The van der Waals surface area contributed by atoms with Gasteiger partial charge in [0, 0.05) is 5.56 Å². The number of halogens is 3. The van der Waals surface area contributed by atoms with E-state index in [2.05, 4.69) is 0 Å². The van der Waals surface area contributed by atoms with Crippen molar-refractivity contribution in [1.82, 2.24) is 0 Å². The van der Waals surface area contributed by atoms with Crippen LogP contribution < -0.4 is 4.74 Å². The van der Waals surface area contributed by atoms with Crippen LogP contribution in [0.15, 0.2) is 36.4 Å². The number of hydrogen-bond acceptors (Lipinski definition) is 2. The Kier molecular flexibility index (Phi) is 4.26. The predicted molar refractivity (Wildman–Crippen MR) is 71.9 cm³/mol. The highest BCUT2D eigenvalue weighted by molar-refractivity contribution is 6.42. The third-order valence-electron chi connectivity index (χ3n) is 2.48. The Labute approximate surface area is 119 Å². The Balaban J connectivity index is 2.15. The molecule has 0 fully saturated rings. The van der Waals surface area contributed by atoms with Gasteiger partial charge in [-0.15, -0.1) is 0 Å². The van der Waals surface area contributed by atoms with Crippen molar-refractivity contribution in [3.8, 4) is 11.8 Å². The maximum atomic E-state index is 13.6. The van der Waals surface area contributed by atoms with Gasteiger partial charge in [-0.3, -0.25) is 0 Å². The molecular formula is C14H8Cl2FNO. The van der Waals surface area contributed by atoms with Crippen molar-refractivity contribution < 1.29 is 9.13 Å². The molecule has 2 nitrogen and oxygen atoms in total. The maximum Gasteiger partial charge on any atom is 0.139 e. The molecule has 0 aliphatic rings. The van der Waals surface area contributed by atoms with E-state index < -0.39 is 5.82 Å². The summed E-state index contributed by atoms with van der Waals surface area (Å²) in [6.07, 6.45) is 0. The summed E-state index contributed by atoms with van der Waals surface area (Å²) < 4.78 is 19.0. The van der Waals surface area contributed by atoms with Crippen molar-refractivity contribution in [3.05, 3.63) is 63.4 Å². The van der Waals surface area contributed by atoms with Crippen LogP contribution in [0.3, 0.4) is 0 Å². The first-order valence-electron chi connectivity index (χ1n) is 5.37. The number of benzene rings is 2. The van der Waals surface area contributed by atoms with Gasteiger partial charge in [0.2, 0.25) is 0 Å². The zero-order valence-corrected chi connectivity index (χ0v) is 11.2. The normalized spacial score (nSPS) is 10.0. The standard InChI is InChI=1S/C14H8Cl2FNO/c15-11-2-1-3-13(14(11)16)19-8-10-5-4-9(7-18)6-12(10)17/h1-6H,8H2. The van der Waals surface area contributed by atoms with Crippen molar-refractivity contribution in [2.75, 3.05) is 0 Å². The summed E-state index contributed by atoms with van der Waals surface area (Å²) in [6, 6.07) is 11.0. The third kappa shape index (κ3) is 3.17. The van der Waals surface area contributed by atoms with E-state index in [0.717, 1.165) is 6.07 Å². The van der Waals surface area contributed by atoms with Gasteiger partial charge >= 0.3 is 0 Å². The molecule has 0 atom stereocenters. The van der Waals surface area contributed by atoms with E-state index in [1.807, 2.05) is 6.07 Å². The van der Waals surface area contributed by atoms with Gasteiger partial charge in [-0.05, 0) is 24.3 Å². The highest BCUT2D eigenvalue weighted by Crippen LogP contribution is 2.32. The van der Waals surface area contributed by atoms with Crippen LogP contribution >= 0.6 is 23.2 Å². The van der Waals surface area contributed by atoms with Crippen LogP contribution in [0, 0.1) is 17.1 Å². The van der Waals surface area contributed by atoms with Gasteiger partial charge in [0.15, 0.2) is 0 Å². The van der Waals surface area contributed by atoms with Gasteiger partial charge in [-0.1, -0.05) is 35.3 Å². The molecule has 0 saturated carbocycles. The Morgan fingerprint density at radius 1 is 1.21 bits per heavy atom. The molecule has 19 heavy (non-hydrogen) atoms. The second kappa shape index (κ2) is 5.92. The van der Waals surface area contributed by atoms with Crippen LogP contribution in [0.25, 0.3) is 0 Å². The van der Waals surface area contributed by atoms with Crippen molar-refractivity contribution in [3.63, 3.8) is 0 Å². The maximum absolute atomic E-state index is 13.6. The number of nitriles is 1. The molecule has 0 saturated heterocycles. The van der Waals surface area contributed by atoms with Crippen molar-refractivity contribution in [2.45, 2.75) is 6.61 Å². The van der Waals surface area contributed by atoms with E-state index >= 15 is 0 Å². The lowest BCUT2D eigenvalue weighted by Crippen LogP contribution is -1.99. The Bertz CT molecular complexity index is 652. The summed E-state index contributed by atoms with van der Waals surface area (Å²) in [5, 5.41) is 9.31. The van der Waals surface area contributed by atoms with Crippen LogP contribution in [0.2, 0.25) is 10.0 Å². The topological polar surface area (TPSA) is 33.0 Å². The molecule has 0 bridgehead atoms. The Morgan fingerprint density at radius 2 is 2.00 bits per heavy atom. The summed E-state index contributed by atoms with van der Waals surface area (Å²) in [6.45, 7) is 0.0115. The minimum Gasteiger partial charge on any atom is -0.487 e. The first-order valence-corrected chi connectivity index (χ1v) is 6.12. The fourth-order valence-electron chi connectivity index (χ4n) is 1.48. The number of nitrogens with zero attached hydrogens (tertiary/aromatic N) is 1. The SMILES string of the molecule is N#Cc1ccc(COc2cccc(Cl)c2Cl)c(F)c1. The smallest absolute Gasteiger partial charge is 0.139 e. The first-order chi connectivity index (χ1) is 9.11. The quantitative estimate of drug-likeness (QED) is 0.830. The second-order valence-electron chi connectivity index (χ2n) is 3.76. The second-order valence-corrected chi connectivity index (χ2v) is 4.54. The average molecular weight is 296 g/mol. The van der Waals surface area contributed by atoms with E-state index in [4.69, 9.17) is 33.2 Å². The van der Waals surface area contributed by atoms with Gasteiger partial charge in [0.1, 0.15) is 23.2 Å². The lowest BCUT2D eigenvalue weighted by molar-refractivity contribution is 0.300. The van der Waals surface area contributed by atoms with E-state index in [-0.39, 0.29) is 12.2 Å². The summed E-state index contributed by atoms with van der Waals surface area (Å²) in [4.78, 5) is 0. The van der Waals surface area contributed by atoms with E-state index in [1.165, 1.54) is 12.1 Å². The highest BCUT2D eigenvalue weighted by Gasteiger charge is 2.08. The van der Waals surface area contributed by atoms with Crippen LogP contribution in [-0.2, 0) is 6.61 Å². The molecule has 0 unspecified atom stereocenters. The molecule has 0 heterocycles. The number of ether oxygens (including phenoxy) is 1. The minimum atomic E-state index is -0.489. The van der Waals surface area contributed by atoms with Gasteiger partial charge in [-0.2, -0.15) is 5.26 Å². The summed E-state index contributed by atoms with van der Waals surface area (Å²) in [5.74, 6) is -0.102. The van der Waals surface area contributed by atoms with E-state index in [1.54, 1.807) is 18.2 Å². The van der Waals surface area contributed by atoms with E-state index in [9.17, 15) is 4.39 Å². The lowest BCUT2D eigenvalue weighted by atomic mass is 10.1. The van der Waals surface area contributed by atoms with Crippen molar-refractivity contribution in [1.29, 1.82) is 5.26 Å². The fourth-order valence-corrected chi connectivity index (χ4v) is 1.83. The van der Waals surface area contributed by atoms with Crippen molar-refractivity contribution in [2.24, 2.45) is 0 Å². The summed E-state index contributed by atoms with van der Waals surface area (Å²) in [5.41, 5.74) is 0.608. The molecule has 0 spiro atoms. The number of hydrogen-bond donors (Lipinski definition) is 0. The largest absolute Gasteiger partial charge is 0.487 e. The minimum absolute atomic E-state index is 0.0115. The van der Waals surface area contributed by atoms with Gasteiger partial charge in [-0.25, -0.2) is 4.39 Å². The van der Waals surface area contributed by atoms with Crippen LogP contribution in [0.1, 0.15) is 11.1 Å². The molecule has 2 rings (SSSR count). The first kappa shape index (κ1) is 13.7. The van der Waals surface area contributed by atoms with Gasteiger partial charge in [0.05, 0.1) is 16.7 Å². The lowest BCUT2D eigenvalue weighted by Gasteiger charge is -2.09. The van der Waals surface area contributed by atoms with E-state index in [0.29, 0.717) is 21.4 Å². The molecule has 2 aromatic rings. The molecule has 5 heteroatoms. The molecule has 96 valence electrons. The Hall–Kier alpha value is -1.76.